The Kier molecular flexibility index (Phi) is 3.04. The topological polar surface area (TPSA) is 47.6 Å². The van der Waals surface area contributed by atoms with Crippen molar-refractivity contribution in [3.63, 3.8) is 0 Å². The molecule has 0 fully saturated rings. The molecule has 0 radical (unpaired) electrons. The van der Waals surface area contributed by atoms with Gasteiger partial charge >= 0.3 is 0 Å². The molecular formula is C22H11IN2. The molecular weight excluding hydrogens is 419 g/mol. The van der Waals surface area contributed by atoms with Crippen molar-refractivity contribution in [1.29, 1.82) is 10.5 Å². The second-order valence-electron chi connectivity index (χ2n) is 6.45. The molecule has 6 rings (SSSR count). The Hall–Kier alpha value is -2.63. The molecule has 2 unspecified atom stereocenters. The molecule has 0 saturated heterocycles. The van der Waals surface area contributed by atoms with E-state index in [9.17, 15) is 10.5 Å². The highest BCUT2D eigenvalue weighted by Gasteiger charge is 2.43. The van der Waals surface area contributed by atoms with Crippen LogP contribution in [0.5, 0.6) is 0 Å². The minimum absolute atomic E-state index is 0.0314. The maximum Gasteiger partial charge on any atom is 0.101 e. The summed E-state index contributed by atoms with van der Waals surface area (Å²) in [6, 6.07) is 23.4. The van der Waals surface area contributed by atoms with E-state index in [0.717, 1.165) is 25.8 Å². The van der Waals surface area contributed by atoms with Gasteiger partial charge in [-0.05, 0) is 68.1 Å². The van der Waals surface area contributed by atoms with Crippen molar-refractivity contribution in [2.75, 3.05) is 0 Å². The van der Waals surface area contributed by atoms with Gasteiger partial charge in [-0.1, -0.05) is 42.5 Å². The zero-order chi connectivity index (χ0) is 17.1. The minimum Gasteiger partial charge on any atom is -0.192 e. The number of nitrogens with zero attached hydrogens (tertiary/aromatic N) is 2. The van der Waals surface area contributed by atoms with Crippen molar-refractivity contribution < 1.29 is 0 Å². The Labute approximate surface area is 159 Å². The lowest BCUT2D eigenvalue weighted by molar-refractivity contribution is 0.748. The second kappa shape index (κ2) is 5.18. The molecule has 2 bridgehead atoms. The van der Waals surface area contributed by atoms with E-state index in [1.54, 1.807) is 0 Å². The molecule has 0 heterocycles. The van der Waals surface area contributed by atoms with Crippen LogP contribution in [0.4, 0.5) is 0 Å². The summed E-state index contributed by atoms with van der Waals surface area (Å²) in [6.07, 6.45) is 0. The van der Waals surface area contributed by atoms with Gasteiger partial charge in [-0.2, -0.15) is 10.5 Å². The third kappa shape index (κ3) is 1.77. The zero-order valence-corrected chi connectivity index (χ0v) is 15.3. The van der Waals surface area contributed by atoms with E-state index in [4.69, 9.17) is 0 Å². The largest absolute Gasteiger partial charge is 0.192 e. The molecule has 0 spiro atoms. The predicted octanol–water partition coefficient (Wildman–Crippen LogP) is 5.02. The molecule has 3 aromatic carbocycles. The fourth-order valence-electron chi connectivity index (χ4n) is 4.53. The predicted molar refractivity (Wildman–Crippen MR) is 103 cm³/mol. The van der Waals surface area contributed by atoms with E-state index in [-0.39, 0.29) is 11.8 Å². The highest BCUT2D eigenvalue weighted by molar-refractivity contribution is 14.1. The summed E-state index contributed by atoms with van der Waals surface area (Å²) in [5.74, 6) is 0.0648. The molecule has 2 nitrogen and oxygen atoms in total. The molecule has 3 heteroatoms. The maximum atomic E-state index is 9.79. The summed E-state index contributed by atoms with van der Waals surface area (Å²) in [7, 11) is 0. The first-order valence-corrected chi connectivity index (χ1v) is 9.18. The van der Waals surface area contributed by atoms with Crippen LogP contribution in [0.1, 0.15) is 56.3 Å². The fraction of sp³-hybridized carbons (Fsp3) is 0.0909. The van der Waals surface area contributed by atoms with Gasteiger partial charge in [0, 0.05) is 15.4 Å². The molecule has 25 heavy (non-hydrogen) atoms. The molecule has 0 saturated carbocycles. The van der Waals surface area contributed by atoms with Gasteiger partial charge in [0.1, 0.15) is 6.07 Å². The summed E-state index contributed by atoms with van der Waals surface area (Å²) in [6.45, 7) is 0. The van der Waals surface area contributed by atoms with Gasteiger partial charge in [-0.15, -0.1) is 0 Å². The maximum absolute atomic E-state index is 9.79. The average molecular weight is 430 g/mol. The Morgan fingerprint density at radius 2 is 1.32 bits per heavy atom. The molecule has 3 aromatic rings. The zero-order valence-electron chi connectivity index (χ0n) is 13.1. The SMILES string of the molecule is N#Cc1cccc2c1C1c3ccccc3C2c2c1ccc(I)c2C#N. The van der Waals surface area contributed by atoms with E-state index in [2.05, 4.69) is 71.1 Å². The smallest absolute Gasteiger partial charge is 0.101 e. The highest BCUT2D eigenvalue weighted by Crippen LogP contribution is 2.57. The number of hydrogen-bond donors (Lipinski definition) is 0. The molecule has 0 aromatic heterocycles. The van der Waals surface area contributed by atoms with Crippen LogP contribution in [0.25, 0.3) is 0 Å². The van der Waals surface area contributed by atoms with Crippen LogP contribution < -0.4 is 0 Å². The molecule has 2 atom stereocenters. The van der Waals surface area contributed by atoms with E-state index in [1.165, 1.54) is 22.3 Å². The lowest BCUT2D eigenvalue weighted by Crippen LogP contribution is -2.29. The molecule has 3 aliphatic rings. The van der Waals surface area contributed by atoms with Crippen LogP contribution in [0.2, 0.25) is 0 Å². The van der Waals surface area contributed by atoms with Gasteiger partial charge in [0.05, 0.1) is 17.2 Å². The minimum atomic E-state index is 0.0314. The first-order valence-electron chi connectivity index (χ1n) is 8.10. The Morgan fingerprint density at radius 1 is 0.680 bits per heavy atom. The van der Waals surface area contributed by atoms with Crippen LogP contribution >= 0.6 is 22.6 Å². The second-order valence-corrected chi connectivity index (χ2v) is 7.61. The lowest BCUT2D eigenvalue weighted by atomic mass is 9.59. The summed E-state index contributed by atoms with van der Waals surface area (Å²) in [5, 5.41) is 19.5. The van der Waals surface area contributed by atoms with Gasteiger partial charge in [-0.25, -0.2) is 0 Å². The number of nitriles is 2. The highest BCUT2D eigenvalue weighted by atomic mass is 127. The van der Waals surface area contributed by atoms with Crippen LogP contribution in [-0.2, 0) is 0 Å². The van der Waals surface area contributed by atoms with Gasteiger partial charge in [0.15, 0.2) is 0 Å². The Balaban J connectivity index is 1.96. The first kappa shape index (κ1) is 14.7. The van der Waals surface area contributed by atoms with Crippen molar-refractivity contribution in [3.05, 3.63) is 103 Å². The van der Waals surface area contributed by atoms with Crippen LogP contribution in [0.15, 0.2) is 54.6 Å². The molecule has 0 aliphatic heterocycles. The standard InChI is InChI=1S/C22H11IN2/c23-18-9-8-16-20-13-5-1-2-6-14(13)21(22(16)17(18)11-25)15-7-3-4-12(10-24)19(15)20/h1-9,20-21H. The third-order valence-corrected chi connectivity index (χ3v) is 6.32. The summed E-state index contributed by atoms with van der Waals surface area (Å²) >= 11 is 2.25. The van der Waals surface area contributed by atoms with Gasteiger partial charge in [0.2, 0.25) is 0 Å². The van der Waals surface area contributed by atoms with Crippen LogP contribution in [-0.4, -0.2) is 0 Å². The summed E-state index contributed by atoms with van der Waals surface area (Å²) < 4.78 is 0.988. The fourth-order valence-corrected chi connectivity index (χ4v) is 5.12. The van der Waals surface area contributed by atoms with Crippen molar-refractivity contribution >= 4 is 22.6 Å². The first-order chi connectivity index (χ1) is 12.3. The van der Waals surface area contributed by atoms with E-state index < -0.39 is 0 Å². The monoisotopic (exact) mass is 430 g/mol. The van der Waals surface area contributed by atoms with E-state index in [0.29, 0.717) is 0 Å². The van der Waals surface area contributed by atoms with E-state index >= 15 is 0 Å². The Morgan fingerprint density at radius 3 is 2.00 bits per heavy atom. The molecule has 116 valence electrons. The van der Waals surface area contributed by atoms with Gasteiger partial charge in [0.25, 0.3) is 0 Å². The average Bonchev–Trinajstić information content (AvgIpc) is 2.66. The quantitative estimate of drug-likeness (QED) is 0.324. The molecule has 0 N–H and O–H groups in total. The number of benzene rings is 3. The molecule has 0 amide bonds. The normalized spacial score (nSPS) is 18.5. The van der Waals surface area contributed by atoms with Crippen molar-refractivity contribution in [2.24, 2.45) is 0 Å². The summed E-state index contributed by atoms with van der Waals surface area (Å²) in [4.78, 5) is 0. The summed E-state index contributed by atoms with van der Waals surface area (Å²) in [5.41, 5.74) is 8.64. The third-order valence-electron chi connectivity index (χ3n) is 5.42. The van der Waals surface area contributed by atoms with Crippen molar-refractivity contribution in [1.82, 2.24) is 0 Å². The van der Waals surface area contributed by atoms with E-state index in [1.807, 2.05) is 18.2 Å². The number of rotatable bonds is 0. The number of hydrogen-bond acceptors (Lipinski definition) is 2. The van der Waals surface area contributed by atoms with Crippen LogP contribution in [0, 0.1) is 26.2 Å². The van der Waals surface area contributed by atoms with Gasteiger partial charge < -0.3 is 0 Å². The molecule has 3 aliphatic carbocycles. The lowest BCUT2D eigenvalue weighted by Gasteiger charge is -2.43. The van der Waals surface area contributed by atoms with Crippen LogP contribution in [0.3, 0.4) is 0 Å². The number of halogens is 1. The van der Waals surface area contributed by atoms with Crippen molar-refractivity contribution in [2.45, 2.75) is 11.8 Å². The Bertz CT molecular complexity index is 1150. The van der Waals surface area contributed by atoms with Gasteiger partial charge in [-0.3, -0.25) is 0 Å². The van der Waals surface area contributed by atoms with Crippen molar-refractivity contribution in [3.8, 4) is 12.1 Å².